The maximum absolute atomic E-state index is 12.0. The lowest BCUT2D eigenvalue weighted by Gasteiger charge is -2.11. The molecule has 0 radical (unpaired) electrons. The van der Waals surface area contributed by atoms with Crippen molar-refractivity contribution in [1.29, 1.82) is 0 Å². The Labute approximate surface area is 97.2 Å². The number of halogens is 2. The molecule has 0 aliphatic carbocycles. The molecule has 4 nitrogen and oxygen atoms in total. The summed E-state index contributed by atoms with van der Waals surface area (Å²) < 4.78 is 24.0. The third-order valence-corrected chi connectivity index (χ3v) is 1.98. The molecule has 17 heavy (non-hydrogen) atoms. The summed E-state index contributed by atoms with van der Waals surface area (Å²) in [5.74, 6) is -1.66. The normalized spacial score (nSPS) is 10.2. The molecule has 1 rings (SSSR count). The molecule has 1 aromatic carbocycles. The van der Waals surface area contributed by atoms with Gasteiger partial charge in [0.1, 0.15) is 0 Å². The molecular formula is C11H12F2N2O2. The molecule has 0 saturated heterocycles. The van der Waals surface area contributed by atoms with Crippen LogP contribution in [0.5, 0.6) is 0 Å². The van der Waals surface area contributed by atoms with Crippen LogP contribution in [0, 0.1) is 0 Å². The van der Waals surface area contributed by atoms with E-state index in [0.717, 1.165) is 0 Å². The Morgan fingerprint density at radius 2 is 1.94 bits per heavy atom. The minimum Gasteiger partial charge on any atom is -0.345 e. The van der Waals surface area contributed by atoms with Crippen molar-refractivity contribution in [3.63, 3.8) is 0 Å². The quantitative estimate of drug-likeness (QED) is 0.875. The van der Waals surface area contributed by atoms with Gasteiger partial charge in [-0.25, -0.2) is 0 Å². The van der Waals surface area contributed by atoms with Crippen molar-refractivity contribution in [3.05, 3.63) is 29.8 Å². The van der Waals surface area contributed by atoms with Gasteiger partial charge >= 0.3 is 6.43 Å². The first-order valence-corrected chi connectivity index (χ1v) is 4.82. The maximum atomic E-state index is 12.0. The Bertz CT molecular complexity index is 433. The van der Waals surface area contributed by atoms with E-state index in [4.69, 9.17) is 0 Å². The van der Waals surface area contributed by atoms with Gasteiger partial charge in [0, 0.05) is 25.3 Å². The fourth-order valence-corrected chi connectivity index (χ4v) is 1.18. The summed E-state index contributed by atoms with van der Waals surface area (Å²) in [5.41, 5.74) is 0.491. The lowest BCUT2D eigenvalue weighted by atomic mass is 10.2. The predicted octanol–water partition coefficient (Wildman–Crippen LogP) is 1.59. The highest BCUT2D eigenvalue weighted by Crippen LogP contribution is 2.12. The standard InChI is InChI=1S/C11H12F2N2O2/c1-15(2)11(17)7-4-3-5-8(6-7)14-10(16)9(12)13/h3-6,9H,1-2H3,(H,14,16). The largest absolute Gasteiger partial charge is 0.345 e. The number of nitrogens with one attached hydrogen (secondary N) is 1. The van der Waals surface area contributed by atoms with Gasteiger partial charge in [-0.3, -0.25) is 9.59 Å². The van der Waals surface area contributed by atoms with Gasteiger partial charge in [0.05, 0.1) is 0 Å². The number of alkyl halides is 2. The smallest absolute Gasteiger partial charge is 0.315 e. The van der Waals surface area contributed by atoms with Crippen molar-refractivity contribution in [2.75, 3.05) is 19.4 Å². The molecule has 0 aromatic heterocycles. The molecular weight excluding hydrogens is 230 g/mol. The third kappa shape index (κ3) is 3.51. The molecule has 0 heterocycles. The number of hydrogen-bond donors (Lipinski definition) is 1. The topological polar surface area (TPSA) is 49.4 Å². The van der Waals surface area contributed by atoms with Crippen LogP contribution < -0.4 is 5.32 Å². The number of amides is 2. The lowest BCUT2D eigenvalue weighted by Crippen LogP contribution is -2.23. The molecule has 0 aliphatic rings. The van der Waals surface area contributed by atoms with Crippen LogP contribution >= 0.6 is 0 Å². The SMILES string of the molecule is CN(C)C(=O)c1cccc(NC(=O)C(F)F)c1. The molecule has 92 valence electrons. The van der Waals surface area contributed by atoms with E-state index in [2.05, 4.69) is 0 Å². The highest BCUT2D eigenvalue weighted by Gasteiger charge is 2.15. The van der Waals surface area contributed by atoms with Crippen molar-refractivity contribution >= 4 is 17.5 Å². The van der Waals surface area contributed by atoms with E-state index in [-0.39, 0.29) is 11.6 Å². The maximum Gasteiger partial charge on any atom is 0.315 e. The minimum absolute atomic E-state index is 0.169. The molecule has 0 saturated carbocycles. The van der Waals surface area contributed by atoms with Gasteiger partial charge in [0.15, 0.2) is 0 Å². The van der Waals surface area contributed by atoms with Crippen molar-refractivity contribution in [1.82, 2.24) is 4.90 Å². The zero-order valence-electron chi connectivity index (χ0n) is 9.41. The fourth-order valence-electron chi connectivity index (χ4n) is 1.18. The Hall–Kier alpha value is -1.98. The van der Waals surface area contributed by atoms with Crippen LogP contribution in [0.2, 0.25) is 0 Å². The summed E-state index contributed by atoms with van der Waals surface area (Å²) in [6.45, 7) is 0. The van der Waals surface area contributed by atoms with E-state index in [0.29, 0.717) is 5.56 Å². The first-order chi connectivity index (χ1) is 7.91. The molecule has 2 amide bonds. The second kappa shape index (κ2) is 5.38. The number of benzene rings is 1. The number of anilines is 1. The van der Waals surface area contributed by atoms with Crippen molar-refractivity contribution in [2.24, 2.45) is 0 Å². The second-order valence-corrected chi connectivity index (χ2v) is 3.57. The van der Waals surface area contributed by atoms with Gasteiger partial charge in [-0.2, -0.15) is 8.78 Å². The van der Waals surface area contributed by atoms with Crippen molar-refractivity contribution < 1.29 is 18.4 Å². The van der Waals surface area contributed by atoms with Crippen LogP contribution in [0.1, 0.15) is 10.4 Å². The van der Waals surface area contributed by atoms with E-state index in [1.165, 1.54) is 23.1 Å². The number of nitrogens with zero attached hydrogens (tertiary/aromatic N) is 1. The molecule has 0 aliphatic heterocycles. The van der Waals surface area contributed by atoms with Crippen LogP contribution in [-0.4, -0.2) is 37.2 Å². The number of rotatable bonds is 3. The monoisotopic (exact) mass is 242 g/mol. The van der Waals surface area contributed by atoms with E-state index in [1.807, 2.05) is 5.32 Å². The zero-order chi connectivity index (χ0) is 13.0. The molecule has 0 bridgehead atoms. The summed E-state index contributed by atoms with van der Waals surface area (Å²) in [4.78, 5) is 23.7. The second-order valence-electron chi connectivity index (χ2n) is 3.57. The molecule has 1 aromatic rings. The summed E-state index contributed by atoms with van der Waals surface area (Å²) in [6.07, 6.45) is -3.08. The lowest BCUT2D eigenvalue weighted by molar-refractivity contribution is -0.126. The highest BCUT2D eigenvalue weighted by molar-refractivity contribution is 5.97. The van der Waals surface area contributed by atoms with Gasteiger partial charge in [-0.05, 0) is 18.2 Å². The Morgan fingerprint density at radius 3 is 2.47 bits per heavy atom. The fraction of sp³-hybridized carbons (Fsp3) is 0.273. The average molecular weight is 242 g/mol. The van der Waals surface area contributed by atoms with Gasteiger partial charge in [0.25, 0.3) is 11.8 Å². The van der Waals surface area contributed by atoms with Gasteiger partial charge in [0.2, 0.25) is 0 Å². The van der Waals surface area contributed by atoms with Gasteiger partial charge < -0.3 is 10.2 Å². The number of carbonyl (C=O) groups is 2. The summed E-state index contributed by atoms with van der Waals surface area (Å²) in [6, 6.07) is 5.84. The molecule has 0 spiro atoms. The predicted molar refractivity (Wildman–Crippen MR) is 59.1 cm³/mol. The van der Waals surface area contributed by atoms with Crippen molar-refractivity contribution in [2.45, 2.75) is 6.43 Å². The van der Waals surface area contributed by atoms with Crippen LogP contribution in [0.3, 0.4) is 0 Å². The molecule has 6 heteroatoms. The number of carbonyl (C=O) groups excluding carboxylic acids is 2. The summed E-state index contributed by atoms with van der Waals surface area (Å²) in [7, 11) is 3.15. The average Bonchev–Trinajstić information content (AvgIpc) is 2.28. The van der Waals surface area contributed by atoms with E-state index >= 15 is 0 Å². The number of hydrogen-bond acceptors (Lipinski definition) is 2. The van der Waals surface area contributed by atoms with E-state index in [1.54, 1.807) is 20.2 Å². The highest BCUT2D eigenvalue weighted by atomic mass is 19.3. The first-order valence-electron chi connectivity index (χ1n) is 4.82. The van der Waals surface area contributed by atoms with Crippen LogP contribution in [0.25, 0.3) is 0 Å². The summed E-state index contributed by atoms with van der Waals surface area (Å²) in [5, 5.41) is 2.02. The van der Waals surface area contributed by atoms with E-state index in [9.17, 15) is 18.4 Å². The molecule has 0 unspecified atom stereocenters. The zero-order valence-corrected chi connectivity index (χ0v) is 9.41. The van der Waals surface area contributed by atoms with Crippen molar-refractivity contribution in [3.8, 4) is 0 Å². The Balaban J connectivity index is 2.86. The van der Waals surface area contributed by atoms with E-state index < -0.39 is 12.3 Å². The van der Waals surface area contributed by atoms with Gasteiger partial charge in [-0.1, -0.05) is 6.07 Å². The first kappa shape index (κ1) is 13.1. The third-order valence-electron chi connectivity index (χ3n) is 1.98. The Morgan fingerprint density at radius 1 is 1.29 bits per heavy atom. The van der Waals surface area contributed by atoms with Crippen LogP contribution in [0.4, 0.5) is 14.5 Å². The van der Waals surface area contributed by atoms with Crippen LogP contribution in [0.15, 0.2) is 24.3 Å². The minimum atomic E-state index is -3.08. The molecule has 1 N–H and O–H groups in total. The van der Waals surface area contributed by atoms with Crippen LogP contribution in [-0.2, 0) is 4.79 Å². The molecule has 0 atom stereocenters. The van der Waals surface area contributed by atoms with Gasteiger partial charge in [-0.15, -0.1) is 0 Å². The molecule has 0 fully saturated rings. The summed E-state index contributed by atoms with van der Waals surface area (Å²) >= 11 is 0. The Kier molecular flexibility index (Phi) is 4.14.